The van der Waals surface area contributed by atoms with E-state index in [0.29, 0.717) is 24.7 Å². The van der Waals surface area contributed by atoms with Crippen LogP contribution in [0.4, 0.5) is 0 Å². The third kappa shape index (κ3) is 2.19. The van der Waals surface area contributed by atoms with E-state index in [0.717, 1.165) is 11.1 Å². The van der Waals surface area contributed by atoms with Gasteiger partial charge >= 0.3 is 0 Å². The highest BCUT2D eigenvalue weighted by Crippen LogP contribution is 2.16. The molecule has 0 atom stereocenters. The Balaban J connectivity index is 2.29. The van der Waals surface area contributed by atoms with Crippen LogP contribution in [0.5, 0.6) is 0 Å². The molecule has 2 aromatic rings. The van der Waals surface area contributed by atoms with Gasteiger partial charge in [-0.3, -0.25) is 4.98 Å². The minimum atomic E-state index is 0.495. The Morgan fingerprint density at radius 1 is 1.40 bits per heavy atom. The van der Waals surface area contributed by atoms with Crippen molar-refractivity contribution in [2.75, 3.05) is 6.54 Å². The number of hydrogen-bond acceptors (Lipinski definition) is 5. The molecule has 15 heavy (non-hydrogen) atoms. The summed E-state index contributed by atoms with van der Waals surface area (Å²) in [6.07, 6.45) is 4.11. The molecule has 0 aliphatic rings. The molecule has 0 unspecified atom stereocenters. The van der Waals surface area contributed by atoms with Crippen molar-refractivity contribution in [1.82, 2.24) is 15.1 Å². The molecule has 5 nitrogen and oxygen atoms in total. The van der Waals surface area contributed by atoms with Crippen molar-refractivity contribution in [2.45, 2.75) is 13.3 Å². The van der Waals surface area contributed by atoms with E-state index in [9.17, 15) is 0 Å². The van der Waals surface area contributed by atoms with Crippen molar-refractivity contribution < 1.29 is 4.52 Å². The molecule has 78 valence electrons. The third-order valence-electron chi connectivity index (χ3n) is 1.96. The summed E-state index contributed by atoms with van der Waals surface area (Å²) in [6, 6.07) is 1.95. The van der Waals surface area contributed by atoms with Crippen LogP contribution < -0.4 is 5.73 Å². The summed E-state index contributed by atoms with van der Waals surface area (Å²) < 4.78 is 5.10. The predicted octanol–water partition coefficient (Wildman–Crippen LogP) is 0.941. The first-order valence-electron chi connectivity index (χ1n) is 4.74. The molecule has 0 aromatic carbocycles. The van der Waals surface area contributed by atoms with Crippen LogP contribution in [0.25, 0.3) is 11.5 Å². The number of aryl methyl sites for hydroxylation is 1. The van der Waals surface area contributed by atoms with Crippen LogP contribution in [0.2, 0.25) is 0 Å². The van der Waals surface area contributed by atoms with Crippen molar-refractivity contribution in [3.05, 3.63) is 29.8 Å². The van der Waals surface area contributed by atoms with Crippen LogP contribution in [0.15, 0.2) is 23.0 Å². The Kier molecular flexibility index (Phi) is 2.73. The normalized spacial score (nSPS) is 10.5. The molecule has 5 heteroatoms. The first kappa shape index (κ1) is 9.79. The van der Waals surface area contributed by atoms with Gasteiger partial charge in [0.1, 0.15) is 0 Å². The second-order valence-electron chi connectivity index (χ2n) is 3.31. The standard InChI is InChI=1S/C10H12N4O/c1-7-4-8(6-12-5-7)10-13-9(2-3-11)14-15-10/h4-6H,2-3,11H2,1H3. The van der Waals surface area contributed by atoms with Crippen LogP contribution in [-0.4, -0.2) is 21.7 Å². The van der Waals surface area contributed by atoms with Gasteiger partial charge in [0.05, 0.1) is 5.56 Å². The molecule has 0 aliphatic heterocycles. The highest BCUT2D eigenvalue weighted by Gasteiger charge is 2.08. The molecule has 0 spiro atoms. The summed E-state index contributed by atoms with van der Waals surface area (Å²) >= 11 is 0. The van der Waals surface area contributed by atoms with E-state index >= 15 is 0 Å². The highest BCUT2D eigenvalue weighted by molar-refractivity contribution is 5.51. The molecule has 0 amide bonds. The third-order valence-corrected chi connectivity index (χ3v) is 1.96. The quantitative estimate of drug-likeness (QED) is 0.805. The maximum Gasteiger partial charge on any atom is 0.259 e. The first-order valence-corrected chi connectivity index (χ1v) is 4.74. The van der Waals surface area contributed by atoms with Gasteiger partial charge in [0.2, 0.25) is 0 Å². The largest absolute Gasteiger partial charge is 0.334 e. The molecule has 0 saturated heterocycles. The molecule has 0 aliphatic carbocycles. The van der Waals surface area contributed by atoms with E-state index in [2.05, 4.69) is 15.1 Å². The summed E-state index contributed by atoms with van der Waals surface area (Å²) in [4.78, 5) is 8.28. The second kappa shape index (κ2) is 4.18. The topological polar surface area (TPSA) is 77.8 Å². The van der Waals surface area contributed by atoms with Crippen molar-refractivity contribution in [3.63, 3.8) is 0 Å². The van der Waals surface area contributed by atoms with Crippen LogP contribution >= 0.6 is 0 Å². The van der Waals surface area contributed by atoms with Crippen molar-refractivity contribution >= 4 is 0 Å². The van der Waals surface area contributed by atoms with E-state index < -0.39 is 0 Å². The molecule has 0 fully saturated rings. The van der Waals surface area contributed by atoms with E-state index in [4.69, 9.17) is 10.3 Å². The van der Waals surface area contributed by atoms with E-state index in [1.54, 1.807) is 12.4 Å². The van der Waals surface area contributed by atoms with Gasteiger partial charge in [0.15, 0.2) is 5.82 Å². The predicted molar refractivity (Wildman–Crippen MR) is 55.0 cm³/mol. The van der Waals surface area contributed by atoms with Crippen molar-refractivity contribution in [1.29, 1.82) is 0 Å². The molecule has 0 bridgehead atoms. The lowest BCUT2D eigenvalue weighted by Gasteiger charge is -1.94. The molecular formula is C10H12N4O. The lowest BCUT2D eigenvalue weighted by molar-refractivity contribution is 0.422. The number of pyridine rings is 1. The number of rotatable bonds is 3. The van der Waals surface area contributed by atoms with Crippen LogP contribution in [-0.2, 0) is 6.42 Å². The summed E-state index contributed by atoms with van der Waals surface area (Å²) in [5.41, 5.74) is 7.30. The molecule has 0 radical (unpaired) electrons. The van der Waals surface area contributed by atoms with Crippen LogP contribution in [0.1, 0.15) is 11.4 Å². The Labute approximate surface area is 87.3 Å². The zero-order chi connectivity index (χ0) is 10.7. The van der Waals surface area contributed by atoms with Gasteiger partial charge in [0, 0.05) is 18.8 Å². The average molecular weight is 204 g/mol. The number of nitrogens with two attached hydrogens (primary N) is 1. The van der Waals surface area contributed by atoms with Crippen molar-refractivity contribution in [2.24, 2.45) is 5.73 Å². The fraction of sp³-hybridized carbons (Fsp3) is 0.300. The molecular weight excluding hydrogens is 192 g/mol. The maximum atomic E-state index is 5.40. The van der Waals surface area contributed by atoms with Gasteiger partial charge in [-0.05, 0) is 25.1 Å². The Bertz CT molecular complexity index is 452. The molecule has 2 rings (SSSR count). The van der Waals surface area contributed by atoms with Gasteiger partial charge in [-0.15, -0.1) is 0 Å². The van der Waals surface area contributed by atoms with Crippen LogP contribution in [0.3, 0.4) is 0 Å². The maximum absolute atomic E-state index is 5.40. The average Bonchev–Trinajstić information content (AvgIpc) is 2.67. The van der Waals surface area contributed by atoms with Gasteiger partial charge in [0.25, 0.3) is 5.89 Å². The van der Waals surface area contributed by atoms with E-state index in [-0.39, 0.29) is 0 Å². The van der Waals surface area contributed by atoms with Crippen molar-refractivity contribution in [3.8, 4) is 11.5 Å². The van der Waals surface area contributed by atoms with Gasteiger partial charge in [-0.25, -0.2) is 0 Å². The van der Waals surface area contributed by atoms with E-state index in [1.165, 1.54) is 0 Å². The number of nitrogens with zero attached hydrogens (tertiary/aromatic N) is 3. The minimum absolute atomic E-state index is 0.495. The SMILES string of the molecule is Cc1cncc(-c2nc(CCN)no2)c1. The summed E-state index contributed by atoms with van der Waals surface area (Å²) in [7, 11) is 0. The Hall–Kier alpha value is -1.75. The van der Waals surface area contributed by atoms with Crippen LogP contribution in [0, 0.1) is 6.92 Å². The lowest BCUT2D eigenvalue weighted by Crippen LogP contribution is -2.03. The molecule has 2 N–H and O–H groups in total. The fourth-order valence-corrected chi connectivity index (χ4v) is 1.27. The Morgan fingerprint density at radius 3 is 3.00 bits per heavy atom. The lowest BCUT2D eigenvalue weighted by atomic mass is 10.2. The van der Waals surface area contributed by atoms with Gasteiger partial charge in [-0.1, -0.05) is 5.16 Å². The molecule has 2 heterocycles. The summed E-state index contributed by atoms with van der Waals surface area (Å²) in [5, 5.41) is 3.82. The zero-order valence-electron chi connectivity index (χ0n) is 8.47. The number of aromatic nitrogens is 3. The number of hydrogen-bond donors (Lipinski definition) is 1. The zero-order valence-corrected chi connectivity index (χ0v) is 8.47. The molecule has 0 saturated carbocycles. The fourth-order valence-electron chi connectivity index (χ4n) is 1.27. The summed E-state index contributed by atoms with van der Waals surface area (Å²) in [6.45, 7) is 2.48. The first-order chi connectivity index (χ1) is 7.29. The van der Waals surface area contributed by atoms with Gasteiger partial charge in [-0.2, -0.15) is 4.98 Å². The van der Waals surface area contributed by atoms with Gasteiger partial charge < -0.3 is 10.3 Å². The highest BCUT2D eigenvalue weighted by atomic mass is 16.5. The smallest absolute Gasteiger partial charge is 0.259 e. The minimum Gasteiger partial charge on any atom is -0.334 e. The van der Waals surface area contributed by atoms with E-state index in [1.807, 2.05) is 13.0 Å². The summed E-state index contributed by atoms with van der Waals surface area (Å²) in [5.74, 6) is 1.13. The second-order valence-corrected chi connectivity index (χ2v) is 3.31. The molecule has 2 aromatic heterocycles. The monoisotopic (exact) mass is 204 g/mol. The Morgan fingerprint density at radius 2 is 2.27 bits per heavy atom.